The molecule has 0 bridgehead atoms. The molecule has 4 nitrogen and oxygen atoms in total. The van der Waals surface area contributed by atoms with Crippen LogP contribution in [0.15, 0.2) is 42.5 Å². The molecule has 1 aliphatic rings. The number of carbonyl (C=O) groups is 1. The number of benzene rings is 2. The molecular formula is C18H23ClN2O2. The van der Waals surface area contributed by atoms with Crippen LogP contribution in [0.4, 0.5) is 0 Å². The van der Waals surface area contributed by atoms with E-state index >= 15 is 0 Å². The maximum Gasteiger partial charge on any atom is 0.239 e. The first-order valence-corrected chi connectivity index (χ1v) is 7.84. The molecule has 124 valence electrons. The highest BCUT2D eigenvalue weighted by molar-refractivity contribution is 5.85. The number of nitrogens with one attached hydrogen (secondary N) is 2. The van der Waals surface area contributed by atoms with E-state index in [2.05, 4.69) is 41.0 Å². The molecule has 0 aromatic heterocycles. The van der Waals surface area contributed by atoms with Crippen molar-refractivity contribution < 1.29 is 9.53 Å². The molecule has 2 atom stereocenters. The Morgan fingerprint density at radius 1 is 1.26 bits per heavy atom. The summed E-state index contributed by atoms with van der Waals surface area (Å²) < 4.78 is 5.50. The summed E-state index contributed by atoms with van der Waals surface area (Å²) >= 11 is 0. The fraction of sp³-hybridized carbons (Fsp3) is 0.389. The van der Waals surface area contributed by atoms with Crippen molar-refractivity contribution in [2.75, 3.05) is 19.7 Å². The van der Waals surface area contributed by atoms with Crippen molar-refractivity contribution in [2.45, 2.75) is 25.5 Å². The number of morpholine rings is 1. The monoisotopic (exact) mass is 334 g/mol. The molecule has 1 amide bonds. The Morgan fingerprint density at radius 3 is 2.83 bits per heavy atom. The molecule has 1 fully saturated rings. The fourth-order valence-electron chi connectivity index (χ4n) is 2.86. The highest BCUT2D eigenvalue weighted by atomic mass is 35.5. The lowest BCUT2D eigenvalue weighted by Crippen LogP contribution is -2.55. The van der Waals surface area contributed by atoms with Crippen molar-refractivity contribution in [3.63, 3.8) is 0 Å². The maximum atomic E-state index is 12.2. The summed E-state index contributed by atoms with van der Waals surface area (Å²) in [7, 11) is 0. The van der Waals surface area contributed by atoms with Crippen molar-refractivity contribution in [1.29, 1.82) is 0 Å². The highest BCUT2D eigenvalue weighted by Gasteiger charge is 2.27. The Morgan fingerprint density at radius 2 is 2.04 bits per heavy atom. The molecule has 3 rings (SSSR count). The van der Waals surface area contributed by atoms with Crippen LogP contribution in [-0.4, -0.2) is 37.7 Å². The summed E-state index contributed by atoms with van der Waals surface area (Å²) in [5.41, 5.74) is 1.24. The predicted octanol–water partition coefficient (Wildman–Crippen LogP) is 2.30. The lowest BCUT2D eigenvalue weighted by molar-refractivity contribution is -0.128. The van der Waals surface area contributed by atoms with E-state index in [1.807, 2.05) is 19.1 Å². The topological polar surface area (TPSA) is 50.4 Å². The normalized spacial score (nSPS) is 20.7. The van der Waals surface area contributed by atoms with Gasteiger partial charge in [0.25, 0.3) is 0 Å². The van der Waals surface area contributed by atoms with E-state index in [0.717, 1.165) is 13.0 Å². The van der Waals surface area contributed by atoms with Crippen LogP contribution in [0.25, 0.3) is 10.8 Å². The third kappa shape index (κ3) is 4.44. The summed E-state index contributed by atoms with van der Waals surface area (Å²) in [6.07, 6.45) is 0.757. The largest absolute Gasteiger partial charge is 0.375 e. The van der Waals surface area contributed by atoms with Crippen LogP contribution in [0.2, 0.25) is 0 Å². The van der Waals surface area contributed by atoms with E-state index in [-0.39, 0.29) is 30.5 Å². The van der Waals surface area contributed by atoms with Gasteiger partial charge in [0.1, 0.15) is 6.04 Å². The second-order valence-electron chi connectivity index (χ2n) is 5.73. The SMILES string of the molecule is C[C@H]1OCCN[C@@H]1C(=O)NCCc1ccc2ccccc2c1.Cl. The Labute approximate surface area is 143 Å². The molecule has 0 saturated carbocycles. The van der Waals surface area contributed by atoms with Gasteiger partial charge < -0.3 is 15.4 Å². The van der Waals surface area contributed by atoms with Gasteiger partial charge in [-0.15, -0.1) is 12.4 Å². The van der Waals surface area contributed by atoms with Crippen LogP contribution in [0.1, 0.15) is 12.5 Å². The van der Waals surface area contributed by atoms with Crippen molar-refractivity contribution in [3.05, 3.63) is 48.0 Å². The standard InChI is InChI=1S/C18H22N2O2.ClH/c1-13-17(19-10-11-22-13)18(21)20-9-8-14-6-7-15-4-2-3-5-16(15)12-14;/h2-7,12-13,17,19H,8-11H2,1H3,(H,20,21);1H/t13-,17+;/m1./s1. The first-order valence-electron chi connectivity index (χ1n) is 7.84. The minimum atomic E-state index is -0.245. The highest BCUT2D eigenvalue weighted by Crippen LogP contribution is 2.15. The van der Waals surface area contributed by atoms with Crippen LogP contribution in [0.5, 0.6) is 0 Å². The van der Waals surface area contributed by atoms with E-state index in [4.69, 9.17) is 4.74 Å². The number of hydrogen-bond acceptors (Lipinski definition) is 3. The number of amides is 1. The number of halogens is 1. The molecule has 0 spiro atoms. The maximum absolute atomic E-state index is 12.2. The third-order valence-electron chi connectivity index (χ3n) is 4.13. The quantitative estimate of drug-likeness (QED) is 0.902. The number of carbonyl (C=O) groups excluding carboxylic acids is 1. The average Bonchev–Trinajstić information content (AvgIpc) is 2.55. The van der Waals surface area contributed by atoms with E-state index in [9.17, 15) is 4.79 Å². The fourth-order valence-corrected chi connectivity index (χ4v) is 2.86. The van der Waals surface area contributed by atoms with Crippen LogP contribution in [-0.2, 0) is 16.0 Å². The minimum absolute atomic E-state index is 0. The van der Waals surface area contributed by atoms with Crippen molar-refractivity contribution in [2.24, 2.45) is 0 Å². The summed E-state index contributed by atoms with van der Waals surface area (Å²) in [4.78, 5) is 12.2. The van der Waals surface area contributed by atoms with Crippen molar-refractivity contribution in [3.8, 4) is 0 Å². The number of rotatable bonds is 4. The molecule has 0 aliphatic carbocycles. The Bertz CT molecular complexity index is 662. The Kier molecular flexibility index (Phi) is 6.39. The van der Waals surface area contributed by atoms with Gasteiger partial charge in [0.2, 0.25) is 5.91 Å². The second-order valence-corrected chi connectivity index (χ2v) is 5.73. The van der Waals surface area contributed by atoms with E-state index in [1.165, 1.54) is 16.3 Å². The number of ether oxygens (including phenoxy) is 1. The van der Waals surface area contributed by atoms with Gasteiger partial charge in [-0.3, -0.25) is 4.79 Å². The zero-order chi connectivity index (χ0) is 15.4. The van der Waals surface area contributed by atoms with Gasteiger partial charge in [-0.05, 0) is 29.7 Å². The van der Waals surface area contributed by atoms with Gasteiger partial charge >= 0.3 is 0 Å². The molecule has 2 aromatic carbocycles. The first-order chi connectivity index (χ1) is 10.7. The van der Waals surface area contributed by atoms with Gasteiger partial charge in [-0.25, -0.2) is 0 Å². The number of hydrogen-bond donors (Lipinski definition) is 2. The van der Waals surface area contributed by atoms with Crippen LogP contribution >= 0.6 is 12.4 Å². The lowest BCUT2D eigenvalue weighted by atomic mass is 10.0. The van der Waals surface area contributed by atoms with Crippen LogP contribution < -0.4 is 10.6 Å². The third-order valence-corrected chi connectivity index (χ3v) is 4.13. The zero-order valence-corrected chi connectivity index (χ0v) is 14.1. The predicted molar refractivity (Wildman–Crippen MR) is 95.1 cm³/mol. The van der Waals surface area contributed by atoms with Crippen LogP contribution in [0.3, 0.4) is 0 Å². The second kappa shape index (κ2) is 8.29. The van der Waals surface area contributed by atoms with E-state index < -0.39 is 0 Å². The Balaban J connectivity index is 0.00000192. The molecule has 23 heavy (non-hydrogen) atoms. The minimum Gasteiger partial charge on any atom is -0.375 e. The van der Waals surface area contributed by atoms with E-state index in [1.54, 1.807) is 0 Å². The van der Waals surface area contributed by atoms with Gasteiger partial charge in [-0.1, -0.05) is 42.5 Å². The molecule has 0 unspecified atom stereocenters. The smallest absolute Gasteiger partial charge is 0.239 e. The van der Waals surface area contributed by atoms with Gasteiger partial charge in [0.15, 0.2) is 0 Å². The summed E-state index contributed by atoms with van der Waals surface area (Å²) in [5, 5.41) is 8.68. The van der Waals surface area contributed by atoms with Crippen molar-refractivity contribution >= 4 is 29.1 Å². The molecular weight excluding hydrogens is 312 g/mol. The zero-order valence-electron chi connectivity index (χ0n) is 13.2. The average molecular weight is 335 g/mol. The molecule has 5 heteroatoms. The molecule has 0 radical (unpaired) electrons. The molecule has 1 saturated heterocycles. The Hall–Kier alpha value is -1.62. The molecule has 1 heterocycles. The van der Waals surface area contributed by atoms with E-state index in [0.29, 0.717) is 13.2 Å². The lowest BCUT2D eigenvalue weighted by Gasteiger charge is -2.29. The number of fused-ring (bicyclic) bond motifs is 1. The molecule has 2 N–H and O–H groups in total. The van der Waals surface area contributed by atoms with Gasteiger partial charge in [-0.2, -0.15) is 0 Å². The first kappa shape index (κ1) is 17.7. The summed E-state index contributed by atoms with van der Waals surface area (Å²) in [5.74, 6) is 0.0213. The van der Waals surface area contributed by atoms with Crippen molar-refractivity contribution in [1.82, 2.24) is 10.6 Å². The van der Waals surface area contributed by atoms with Gasteiger partial charge in [0.05, 0.1) is 12.7 Å². The molecule has 2 aromatic rings. The van der Waals surface area contributed by atoms with Gasteiger partial charge in [0, 0.05) is 13.1 Å². The summed E-state index contributed by atoms with van der Waals surface area (Å²) in [6.45, 7) is 3.97. The van der Waals surface area contributed by atoms with Crippen LogP contribution in [0, 0.1) is 0 Å². The summed E-state index contributed by atoms with van der Waals surface area (Å²) in [6, 6.07) is 14.5. The molecule has 1 aliphatic heterocycles.